The van der Waals surface area contributed by atoms with Crippen molar-refractivity contribution in [2.45, 2.75) is 33.1 Å². The Hall–Kier alpha value is -0.0400. The van der Waals surface area contributed by atoms with E-state index in [9.17, 15) is 0 Å². The van der Waals surface area contributed by atoms with Gasteiger partial charge in [0.2, 0.25) is 0 Å². The molecule has 1 N–H and O–H groups in total. The lowest BCUT2D eigenvalue weighted by molar-refractivity contribution is 0.664. The quantitative estimate of drug-likeness (QED) is 0.539. The Morgan fingerprint density at radius 2 is 2.12 bits per heavy atom. The molecule has 49 valence electrons. The molecule has 0 saturated carbocycles. The zero-order chi connectivity index (χ0) is 6.24. The second-order valence-corrected chi connectivity index (χ2v) is 1.95. The standard InChI is InChI=1S/C7H16N/c1-3-5-6-7-8-4-2/h4,8H,3,5-7H2,1-2H3. The summed E-state index contributed by atoms with van der Waals surface area (Å²) in [5.74, 6) is 0. The third kappa shape index (κ3) is 5.96. The van der Waals surface area contributed by atoms with Gasteiger partial charge in [-0.05, 0) is 19.9 Å². The fourth-order valence-corrected chi connectivity index (χ4v) is 0.621. The minimum atomic E-state index is 1.14. The third-order valence-corrected chi connectivity index (χ3v) is 1.13. The Morgan fingerprint density at radius 1 is 1.38 bits per heavy atom. The number of unbranched alkanes of at least 4 members (excludes halogenated alkanes) is 2. The molecule has 0 rings (SSSR count). The fourth-order valence-electron chi connectivity index (χ4n) is 0.621. The predicted molar refractivity (Wildman–Crippen MR) is 37.5 cm³/mol. The molecule has 1 heteroatoms. The summed E-state index contributed by atoms with van der Waals surface area (Å²) >= 11 is 0. The highest BCUT2D eigenvalue weighted by atomic mass is 14.8. The monoisotopic (exact) mass is 114 g/mol. The molecule has 0 bridgehead atoms. The van der Waals surface area contributed by atoms with E-state index in [1.807, 2.05) is 13.5 Å². The highest BCUT2D eigenvalue weighted by Gasteiger charge is 1.81. The summed E-state index contributed by atoms with van der Waals surface area (Å²) in [6, 6.07) is 0. The topological polar surface area (TPSA) is 12.0 Å². The third-order valence-electron chi connectivity index (χ3n) is 1.13. The highest BCUT2D eigenvalue weighted by molar-refractivity contribution is 4.51. The lowest BCUT2D eigenvalue weighted by atomic mass is 10.2. The van der Waals surface area contributed by atoms with Gasteiger partial charge >= 0.3 is 0 Å². The first-order valence-electron chi connectivity index (χ1n) is 3.43. The predicted octanol–water partition coefficient (Wildman–Crippen LogP) is 1.95. The van der Waals surface area contributed by atoms with Crippen LogP contribution in [0.15, 0.2) is 0 Å². The van der Waals surface area contributed by atoms with Crippen LogP contribution in [0.2, 0.25) is 0 Å². The van der Waals surface area contributed by atoms with Gasteiger partial charge in [-0.3, -0.25) is 0 Å². The van der Waals surface area contributed by atoms with Crippen LogP contribution in [-0.4, -0.2) is 6.54 Å². The summed E-state index contributed by atoms with van der Waals surface area (Å²) in [5.41, 5.74) is 0. The molecule has 0 atom stereocenters. The fraction of sp³-hybridized carbons (Fsp3) is 0.857. The van der Waals surface area contributed by atoms with Gasteiger partial charge in [0.15, 0.2) is 0 Å². The lowest BCUT2D eigenvalue weighted by Gasteiger charge is -1.96. The van der Waals surface area contributed by atoms with Crippen molar-refractivity contribution in [3.8, 4) is 0 Å². The lowest BCUT2D eigenvalue weighted by Crippen LogP contribution is -2.08. The van der Waals surface area contributed by atoms with Crippen LogP contribution in [0.4, 0.5) is 0 Å². The first kappa shape index (κ1) is 7.96. The molecule has 0 aromatic rings. The van der Waals surface area contributed by atoms with E-state index in [1.165, 1.54) is 19.3 Å². The van der Waals surface area contributed by atoms with Crippen LogP contribution in [0.3, 0.4) is 0 Å². The number of rotatable bonds is 5. The number of hydrogen-bond donors (Lipinski definition) is 1. The van der Waals surface area contributed by atoms with E-state index in [4.69, 9.17) is 0 Å². The molecule has 8 heavy (non-hydrogen) atoms. The van der Waals surface area contributed by atoms with Crippen LogP contribution in [0.1, 0.15) is 33.1 Å². The first-order chi connectivity index (χ1) is 3.91. The van der Waals surface area contributed by atoms with E-state index in [0.717, 1.165) is 6.54 Å². The van der Waals surface area contributed by atoms with Gasteiger partial charge in [-0.25, -0.2) is 0 Å². The molecule has 0 aliphatic heterocycles. The maximum absolute atomic E-state index is 3.16. The zero-order valence-corrected chi connectivity index (χ0v) is 5.91. The first-order valence-corrected chi connectivity index (χ1v) is 3.43. The summed E-state index contributed by atoms with van der Waals surface area (Å²) in [5, 5.41) is 3.16. The van der Waals surface area contributed by atoms with Crippen LogP contribution < -0.4 is 5.32 Å². The van der Waals surface area contributed by atoms with Gasteiger partial charge in [0.1, 0.15) is 0 Å². The largest absolute Gasteiger partial charge is 0.313 e. The van der Waals surface area contributed by atoms with Crippen molar-refractivity contribution in [2.75, 3.05) is 6.54 Å². The van der Waals surface area contributed by atoms with Gasteiger partial charge in [0.05, 0.1) is 0 Å². The van der Waals surface area contributed by atoms with Gasteiger partial charge in [-0.15, -0.1) is 0 Å². The van der Waals surface area contributed by atoms with Crippen molar-refractivity contribution in [3.05, 3.63) is 6.54 Å². The molecule has 0 aromatic heterocycles. The van der Waals surface area contributed by atoms with E-state index in [-0.39, 0.29) is 0 Å². The molecule has 0 unspecified atom stereocenters. The van der Waals surface area contributed by atoms with Crippen LogP contribution >= 0.6 is 0 Å². The average Bonchev–Trinajstić information content (AvgIpc) is 1.81. The van der Waals surface area contributed by atoms with Gasteiger partial charge < -0.3 is 5.32 Å². The van der Waals surface area contributed by atoms with Gasteiger partial charge in [-0.1, -0.05) is 19.8 Å². The Balaban J connectivity index is 2.53. The van der Waals surface area contributed by atoms with Crippen molar-refractivity contribution < 1.29 is 0 Å². The Labute approximate surface area is 52.5 Å². The summed E-state index contributed by atoms with van der Waals surface area (Å²) in [4.78, 5) is 0. The molecule has 0 aliphatic carbocycles. The van der Waals surface area contributed by atoms with Crippen LogP contribution in [0.5, 0.6) is 0 Å². The van der Waals surface area contributed by atoms with Crippen molar-refractivity contribution in [3.63, 3.8) is 0 Å². The smallest absolute Gasteiger partial charge is 0.0190 e. The minimum absolute atomic E-state index is 1.14. The maximum atomic E-state index is 3.16. The molecule has 1 nitrogen and oxygen atoms in total. The molecular formula is C7H16N. The van der Waals surface area contributed by atoms with Crippen molar-refractivity contribution >= 4 is 0 Å². The molecule has 0 heterocycles. The van der Waals surface area contributed by atoms with E-state index < -0.39 is 0 Å². The van der Waals surface area contributed by atoms with Crippen LogP contribution in [0, 0.1) is 6.54 Å². The maximum Gasteiger partial charge on any atom is 0.0190 e. The van der Waals surface area contributed by atoms with E-state index >= 15 is 0 Å². The molecular weight excluding hydrogens is 98.1 g/mol. The average molecular weight is 114 g/mol. The Kier molecular flexibility index (Phi) is 6.93. The minimum Gasteiger partial charge on any atom is -0.313 e. The van der Waals surface area contributed by atoms with E-state index in [2.05, 4.69) is 12.2 Å². The molecule has 0 spiro atoms. The number of nitrogens with one attached hydrogen (secondary N) is 1. The van der Waals surface area contributed by atoms with Crippen molar-refractivity contribution in [1.82, 2.24) is 5.32 Å². The molecule has 0 saturated heterocycles. The van der Waals surface area contributed by atoms with E-state index in [1.54, 1.807) is 0 Å². The summed E-state index contributed by atoms with van der Waals surface area (Å²) < 4.78 is 0. The van der Waals surface area contributed by atoms with Crippen molar-refractivity contribution in [2.24, 2.45) is 0 Å². The molecule has 0 fully saturated rings. The van der Waals surface area contributed by atoms with Gasteiger partial charge in [0, 0.05) is 6.54 Å². The normalized spacial score (nSPS) is 9.75. The molecule has 0 aromatic carbocycles. The molecule has 0 amide bonds. The van der Waals surface area contributed by atoms with Crippen molar-refractivity contribution in [1.29, 1.82) is 0 Å². The Bertz CT molecular complexity index is 29.4. The highest BCUT2D eigenvalue weighted by Crippen LogP contribution is 1.90. The SMILES string of the molecule is C[CH]NCCCCC. The van der Waals surface area contributed by atoms with Crippen LogP contribution in [-0.2, 0) is 0 Å². The van der Waals surface area contributed by atoms with Gasteiger partial charge in [0.25, 0.3) is 0 Å². The van der Waals surface area contributed by atoms with Gasteiger partial charge in [-0.2, -0.15) is 0 Å². The zero-order valence-electron chi connectivity index (χ0n) is 5.91. The summed E-state index contributed by atoms with van der Waals surface area (Å²) in [7, 11) is 0. The summed E-state index contributed by atoms with van der Waals surface area (Å²) in [6.45, 7) is 7.38. The number of hydrogen-bond acceptors (Lipinski definition) is 1. The molecule has 0 aliphatic rings. The van der Waals surface area contributed by atoms with E-state index in [0.29, 0.717) is 0 Å². The summed E-state index contributed by atoms with van der Waals surface area (Å²) in [6.07, 6.45) is 3.97. The second kappa shape index (κ2) is 6.96. The second-order valence-electron chi connectivity index (χ2n) is 1.95. The Morgan fingerprint density at radius 3 is 2.62 bits per heavy atom. The van der Waals surface area contributed by atoms with Crippen LogP contribution in [0.25, 0.3) is 0 Å². The molecule has 1 radical (unpaired) electrons.